The van der Waals surface area contributed by atoms with E-state index in [1.807, 2.05) is 42.5 Å². The third-order valence-electron chi connectivity index (χ3n) is 4.75. The normalized spacial score (nSPS) is 20.2. The van der Waals surface area contributed by atoms with Crippen LogP contribution in [-0.4, -0.2) is 35.6 Å². The molecule has 0 spiro atoms. The summed E-state index contributed by atoms with van der Waals surface area (Å²) in [6.07, 6.45) is 3.27. The van der Waals surface area contributed by atoms with Crippen LogP contribution in [0.3, 0.4) is 0 Å². The number of hydrogen-bond donors (Lipinski definition) is 3. The Kier molecular flexibility index (Phi) is 5.66. The van der Waals surface area contributed by atoms with Crippen molar-refractivity contribution >= 4 is 22.6 Å². The maximum atomic E-state index is 12.2. The fraction of sp³-hybridized carbons (Fsp3) is 0.400. The number of rotatable bonds is 5. The lowest BCUT2D eigenvalue weighted by Gasteiger charge is -2.28. The molecule has 25 heavy (non-hydrogen) atoms. The van der Waals surface area contributed by atoms with E-state index in [1.54, 1.807) is 0 Å². The van der Waals surface area contributed by atoms with Crippen LogP contribution in [0, 0.1) is 0 Å². The van der Waals surface area contributed by atoms with Crippen LogP contribution in [0.15, 0.2) is 42.5 Å². The smallest absolute Gasteiger partial charge is 0.239 e. The number of amides is 2. The van der Waals surface area contributed by atoms with Crippen molar-refractivity contribution in [2.45, 2.75) is 44.2 Å². The van der Waals surface area contributed by atoms with Crippen LogP contribution in [0.4, 0.5) is 0 Å². The summed E-state index contributed by atoms with van der Waals surface area (Å²) in [5, 5.41) is 17.5. The summed E-state index contributed by atoms with van der Waals surface area (Å²) < 4.78 is 0. The summed E-state index contributed by atoms with van der Waals surface area (Å²) in [4.78, 5) is 24.2. The van der Waals surface area contributed by atoms with Gasteiger partial charge in [0.1, 0.15) is 0 Å². The lowest BCUT2D eigenvalue weighted by molar-refractivity contribution is -0.126. The lowest BCUT2D eigenvalue weighted by atomic mass is 9.92. The third-order valence-corrected chi connectivity index (χ3v) is 4.75. The summed E-state index contributed by atoms with van der Waals surface area (Å²) in [5.74, 6) is -0.437. The highest BCUT2D eigenvalue weighted by molar-refractivity contribution is 5.91. The Hall–Kier alpha value is -2.40. The molecule has 132 valence electrons. The molecule has 5 heteroatoms. The van der Waals surface area contributed by atoms with Crippen molar-refractivity contribution in [2.75, 3.05) is 6.54 Å². The molecule has 2 aromatic carbocycles. The SMILES string of the molecule is O=C(Cc1cccc2ccccc12)NCC(=O)NC1CCCCC1O. The first kappa shape index (κ1) is 17.4. The predicted molar refractivity (Wildman–Crippen MR) is 97.1 cm³/mol. The average molecular weight is 340 g/mol. The van der Waals surface area contributed by atoms with E-state index in [1.165, 1.54) is 0 Å². The summed E-state index contributed by atoms with van der Waals surface area (Å²) >= 11 is 0. The van der Waals surface area contributed by atoms with Gasteiger partial charge in [-0.1, -0.05) is 55.3 Å². The monoisotopic (exact) mass is 340 g/mol. The molecule has 2 amide bonds. The Labute approximate surface area is 147 Å². The minimum atomic E-state index is -0.482. The summed E-state index contributed by atoms with van der Waals surface area (Å²) in [6, 6.07) is 13.6. The highest BCUT2D eigenvalue weighted by Crippen LogP contribution is 2.19. The second-order valence-corrected chi connectivity index (χ2v) is 6.62. The molecule has 0 aromatic heterocycles. The first-order valence-electron chi connectivity index (χ1n) is 8.84. The van der Waals surface area contributed by atoms with Crippen molar-refractivity contribution in [3.8, 4) is 0 Å². The van der Waals surface area contributed by atoms with Gasteiger partial charge in [0.05, 0.1) is 25.1 Å². The van der Waals surface area contributed by atoms with Crippen molar-refractivity contribution in [3.05, 3.63) is 48.0 Å². The molecule has 2 aromatic rings. The molecule has 2 unspecified atom stereocenters. The van der Waals surface area contributed by atoms with Gasteiger partial charge in [-0.25, -0.2) is 0 Å². The zero-order chi connectivity index (χ0) is 17.6. The maximum Gasteiger partial charge on any atom is 0.239 e. The minimum Gasteiger partial charge on any atom is -0.391 e. The van der Waals surface area contributed by atoms with E-state index in [2.05, 4.69) is 10.6 Å². The van der Waals surface area contributed by atoms with Gasteiger partial charge in [-0.15, -0.1) is 0 Å². The molecule has 0 bridgehead atoms. The van der Waals surface area contributed by atoms with Crippen molar-refractivity contribution in [2.24, 2.45) is 0 Å². The molecule has 1 saturated carbocycles. The van der Waals surface area contributed by atoms with Gasteiger partial charge in [0.15, 0.2) is 0 Å². The fourth-order valence-corrected chi connectivity index (χ4v) is 3.40. The highest BCUT2D eigenvalue weighted by atomic mass is 16.3. The van der Waals surface area contributed by atoms with Gasteiger partial charge in [-0.3, -0.25) is 9.59 Å². The van der Waals surface area contributed by atoms with Crippen LogP contribution in [0.5, 0.6) is 0 Å². The molecule has 3 rings (SSSR count). The molecule has 3 N–H and O–H groups in total. The van der Waals surface area contributed by atoms with Crippen LogP contribution >= 0.6 is 0 Å². The van der Waals surface area contributed by atoms with Gasteiger partial charge < -0.3 is 15.7 Å². The van der Waals surface area contributed by atoms with E-state index in [4.69, 9.17) is 0 Å². The third kappa shape index (κ3) is 4.57. The number of carbonyl (C=O) groups excluding carboxylic acids is 2. The first-order valence-corrected chi connectivity index (χ1v) is 8.84. The molecule has 1 aliphatic rings. The summed E-state index contributed by atoms with van der Waals surface area (Å²) in [6.45, 7) is -0.0627. The number of nitrogens with one attached hydrogen (secondary N) is 2. The standard InChI is InChI=1S/C20H24N2O3/c23-18-11-4-3-10-17(18)22-20(25)13-21-19(24)12-15-8-5-7-14-6-1-2-9-16(14)15/h1-2,5-9,17-18,23H,3-4,10-13H2,(H,21,24)(H,22,25). The Bertz CT molecular complexity index is 754. The van der Waals surface area contributed by atoms with Crippen molar-refractivity contribution in [1.82, 2.24) is 10.6 Å². The van der Waals surface area contributed by atoms with E-state index < -0.39 is 6.10 Å². The topological polar surface area (TPSA) is 78.4 Å². The van der Waals surface area contributed by atoms with Crippen molar-refractivity contribution < 1.29 is 14.7 Å². The number of hydrogen-bond acceptors (Lipinski definition) is 3. The predicted octanol–water partition coefficient (Wildman–Crippen LogP) is 1.92. The number of carbonyl (C=O) groups is 2. The second-order valence-electron chi connectivity index (χ2n) is 6.62. The van der Waals surface area contributed by atoms with Crippen LogP contribution in [-0.2, 0) is 16.0 Å². The quantitative estimate of drug-likeness (QED) is 0.778. The van der Waals surface area contributed by atoms with Gasteiger partial charge >= 0.3 is 0 Å². The number of aliphatic hydroxyl groups is 1. The van der Waals surface area contributed by atoms with Crippen LogP contribution in [0.2, 0.25) is 0 Å². The zero-order valence-corrected chi connectivity index (χ0v) is 14.2. The molecule has 0 radical (unpaired) electrons. The molecular formula is C20H24N2O3. The molecule has 0 aliphatic heterocycles. The second kappa shape index (κ2) is 8.12. The van der Waals surface area contributed by atoms with Crippen LogP contribution in [0.25, 0.3) is 10.8 Å². The Morgan fingerprint density at radius 1 is 1.00 bits per heavy atom. The molecule has 0 saturated heterocycles. The molecule has 1 fully saturated rings. The number of benzene rings is 2. The molecule has 1 aliphatic carbocycles. The van der Waals surface area contributed by atoms with Crippen LogP contribution in [0.1, 0.15) is 31.2 Å². The maximum absolute atomic E-state index is 12.2. The van der Waals surface area contributed by atoms with Gasteiger partial charge in [0.25, 0.3) is 0 Å². The van der Waals surface area contributed by atoms with Gasteiger partial charge in [-0.2, -0.15) is 0 Å². The van der Waals surface area contributed by atoms with Gasteiger partial charge in [0.2, 0.25) is 11.8 Å². The molecular weight excluding hydrogens is 316 g/mol. The Morgan fingerprint density at radius 2 is 1.76 bits per heavy atom. The average Bonchev–Trinajstić information content (AvgIpc) is 2.62. The lowest BCUT2D eigenvalue weighted by Crippen LogP contribution is -2.48. The molecule has 5 nitrogen and oxygen atoms in total. The Balaban J connectivity index is 1.51. The molecule has 0 heterocycles. The van der Waals surface area contributed by atoms with E-state index >= 15 is 0 Å². The van der Waals surface area contributed by atoms with E-state index in [0.29, 0.717) is 0 Å². The van der Waals surface area contributed by atoms with E-state index in [-0.39, 0.29) is 30.8 Å². The fourth-order valence-electron chi connectivity index (χ4n) is 3.40. The highest BCUT2D eigenvalue weighted by Gasteiger charge is 2.24. The summed E-state index contributed by atoms with van der Waals surface area (Å²) in [5.41, 5.74) is 0.943. The minimum absolute atomic E-state index is 0.0627. The van der Waals surface area contributed by atoms with Gasteiger partial charge in [-0.05, 0) is 29.2 Å². The van der Waals surface area contributed by atoms with E-state index in [9.17, 15) is 14.7 Å². The van der Waals surface area contributed by atoms with Gasteiger partial charge in [0, 0.05) is 0 Å². The van der Waals surface area contributed by atoms with Crippen LogP contribution < -0.4 is 10.6 Å². The zero-order valence-electron chi connectivity index (χ0n) is 14.2. The molecule has 2 atom stereocenters. The summed E-state index contributed by atoms with van der Waals surface area (Å²) in [7, 11) is 0. The largest absolute Gasteiger partial charge is 0.391 e. The Morgan fingerprint density at radius 3 is 2.60 bits per heavy atom. The van der Waals surface area contributed by atoms with Crippen molar-refractivity contribution in [3.63, 3.8) is 0 Å². The number of aliphatic hydroxyl groups excluding tert-OH is 1. The first-order chi connectivity index (χ1) is 12.1. The van der Waals surface area contributed by atoms with E-state index in [0.717, 1.165) is 42.0 Å². The number of fused-ring (bicyclic) bond motifs is 1. The van der Waals surface area contributed by atoms with Crippen molar-refractivity contribution in [1.29, 1.82) is 0 Å².